The van der Waals surface area contributed by atoms with Crippen LogP contribution in [-0.2, 0) is 19.6 Å². The third kappa shape index (κ3) is 8.35. The van der Waals surface area contributed by atoms with E-state index in [0.29, 0.717) is 10.2 Å². The molecule has 3 aromatic rings. The monoisotopic (exact) mass is 541 g/mol. The van der Waals surface area contributed by atoms with Crippen LogP contribution < -0.4 is 9.83 Å². The van der Waals surface area contributed by atoms with Crippen molar-refractivity contribution in [2.45, 2.75) is 17.4 Å². The molecule has 1 aromatic heterocycles. The van der Waals surface area contributed by atoms with Crippen molar-refractivity contribution in [3.8, 4) is 5.75 Å². The first-order valence-electron chi connectivity index (χ1n) is 11.3. The molecule has 200 valence electrons. The number of likely N-dealkylation sites (N-methyl/N-ethyl adjacent to an activating group) is 1. The van der Waals surface area contributed by atoms with Crippen LogP contribution in [0.1, 0.15) is 16.8 Å². The Kier molecular flexibility index (Phi) is 8.76. The summed E-state index contributed by atoms with van der Waals surface area (Å²) in [5.74, 6) is -2.48. The molecule has 1 unspecified atom stereocenters. The van der Waals surface area contributed by atoms with E-state index in [-0.39, 0.29) is 34.3 Å². The van der Waals surface area contributed by atoms with E-state index in [1.54, 1.807) is 12.1 Å². The number of sulfonamides is 1. The molecule has 2 aromatic carbocycles. The lowest BCUT2D eigenvalue weighted by molar-refractivity contribution is -0.873. The highest BCUT2D eigenvalue weighted by atomic mass is 32.2. The summed E-state index contributed by atoms with van der Waals surface area (Å²) in [6.07, 6.45) is -0.00342. The molecule has 1 atom stereocenters. The molecule has 13 heteroatoms. The van der Waals surface area contributed by atoms with Crippen molar-refractivity contribution in [3.63, 3.8) is 0 Å². The molecule has 0 aliphatic rings. The summed E-state index contributed by atoms with van der Waals surface area (Å²) in [5, 5.41) is 29.3. The van der Waals surface area contributed by atoms with Crippen molar-refractivity contribution in [3.05, 3.63) is 72.4 Å². The third-order valence-corrected chi connectivity index (χ3v) is 6.32. The number of carboxylic acid groups (broad SMARTS) is 1. The lowest BCUT2D eigenvalue weighted by Gasteiger charge is -2.29. The fraction of sp³-hybridized carbons (Fsp3) is 0.240. The van der Waals surface area contributed by atoms with Gasteiger partial charge in [-0.15, -0.1) is 0 Å². The molecular weight excluding hydrogens is 514 g/mol. The summed E-state index contributed by atoms with van der Waals surface area (Å²) < 4.78 is 33.1. The van der Waals surface area contributed by atoms with Gasteiger partial charge in [0.15, 0.2) is 6.10 Å². The van der Waals surface area contributed by atoms with Crippen LogP contribution in [0.25, 0.3) is 0 Å². The minimum atomic E-state index is -3.85. The Morgan fingerprint density at radius 3 is 2.32 bits per heavy atom. The number of nitrogens with zero attached hydrogens (tertiary/aromatic N) is 4. The van der Waals surface area contributed by atoms with Crippen LogP contribution >= 0.6 is 0 Å². The molecule has 0 radical (unpaired) electrons. The maximum atomic E-state index is 12.7. The van der Waals surface area contributed by atoms with E-state index in [1.807, 2.05) is 21.1 Å². The number of pyridine rings is 1. The van der Waals surface area contributed by atoms with E-state index < -0.39 is 34.5 Å². The number of rotatable bonds is 11. The van der Waals surface area contributed by atoms with Crippen molar-refractivity contribution in [1.29, 1.82) is 0 Å². The molecule has 38 heavy (non-hydrogen) atoms. The molecule has 0 saturated carbocycles. The number of aromatic hydroxyl groups is 1. The van der Waals surface area contributed by atoms with Gasteiger partial charge in [-0.1, -0.05) is 6.07 Å². The number of aliphatic carboxylic acids is 1. The quantitative estimate of drug-likeness (QED) is 0.212. The number of benzene rings is 2. The van der Waals surface area contributed by atoms with E-state index in [1.165, 1.54) is 54.7 Å². The Morgan fingerprint density at radius 1 is 1.05 bits per heavy atom. The zero-order chi connectivity index (χ0) is 27.9. The maximum Gasteiger partial charge on any atom is 0.342 e. The Bertz CT molecular complexity index is 1420. The highest BCUT2D eigenvalue weighted by molar-refractivity contribution is 7.92. The zero-order valence-electron chi connectivity index (χ0n) is 20.9. The average Bonchev–Trinajstić information content (AvgIpc) is 2.82. The van der Waals surface area contributed by atoms with Crippen molar-refractivity contribution in [1.82, 2.24) is 4.98 Å². The fourth-order valence-corrected chi connectivity index (χ4v) is 4.34. The van der Waals surface area contributed by atoms with Gasteiger partial charge >= 0.3 is 5.97 Å². The predicted molar refractivity (Wildman–Crippen MR) is 135 cm³/mol. The lowest BCUT2D eigenvalue weighted by atomic mass is 10.1. The molecule has 0 spiro atoms. The van der Waals surface area contributed by atoms with Gasteiger partial charge in [0.25, 0.3) is 10.0 Å². The fourth-order valence-electron chi connectivity index (χ4n) is 3.33. The van der Waals surface area contributed by atoms with E-state index in [4.69, 9.17) is 4.74 Å². The molecule has 2 N–H and O–H groups in total. The van der Waals surface area contributed by atoms with E-state index >= 15 is 0 Å². The van der Waals surface area contributed by atoms with Gasteiger partial charge in [-0.2, -0.15) is 10.2 Å². The van der Waals surface area contributed by atoms with Crippen LogP contribution in [0.2, 0.25) is 0 Å². The number of carbonyl (C=O) groups is 2. The smallest absolute Gasteiger partial charge is 0.342 e. The minimum Gasteiger partial charge on any atom is -0.550 e. The SMILES string of the molecule is C[N+](C)(C)CC(CC(=O)[O-])OC(=O)c1cc(N=Nc2ccc(S(=O)(=O)Nc3ccccn3)cc2)ccc1O. The molecular formula is C25H27N5O7S. The predicted octanol–water partition coefficient (Wildman–Crippen LogP) is 2.38. The van der Waals surface area contributed by atoms with Gasteiger partial charge in [0, 0.05) is 18.6 Å². The maximum absolute atomic E-state index is 12.7. The van der Waals surface area contributed by atoms with Gasteiger partial charge in [-0.25, -0.2) is 18.2 Å². The van der Waals surface area contributed by atoms with E-state index in [9.17, 15) is 28.2 Å². The van der Waals surface area contributed by atoms with Crippen LogP contribution in [0.3, 0.4) is 0 Å². The van der Waals surface area contributed by atoms with E-state index in [2.05, 4.69) is 19.9 Å². The van der Waals surface area contributed by atoms with Gasteiger partial charge in [-0.3, -0.25) is 4.72 Å². The number of ether oxygens (including phenoxy) is 1. The second-order valence-corrected chi connectivity index (χ2v) is 11.0. The highest BCUT2D eigenvalue weighted by Gasteiger charge is 2.24. The number of azo groups is 1. The Balaban J connectivity index is 1.73. The second-order valence-electron chi connectivity index (χ2n) is 9.29. The molecule has 0 aliphatic carbocycles. The number of aromatic nitrogens is 1. The molecule has 0 amide bonds. The van der Waals surface area contributed by atoms with Crippen LogP contribution in [0, 0.1) is 0 Å². The lowest BCUT2D eigenvalue weighted by Crippen LogP contribution is -2.45. The van der Waals surface area contributed by atoms with Crippen molar-refractivity contribution >= 4 is 39.2 Å². The number of anilines is 1. The second kappa shape index (κ2) is 11.8. The normalized spacial score (nSPS) is 12.7. The van der Waals surface area contributed by atoms with Crippen LogP contribution in [0.4, 0.5) is 17.2 Å². The van der Waals surface area contributed by atoms with Gasteiger partial charge in [-0.05, 0) is 54.6 Å². The van der Waals surface area contributed by atoms with Gasteiger partial charge in [0.1, 0.15) is 23.7 Å². The third-order valence-electron chi connectivity index (χ3n) is 4.95. The number of quaternary nitrogens is 1. The Morgan fingerprint density at radius 2 is 1.71 bits per heavy atom. The largest absolute Gasteiger partial charge is 0.550 e. The number of nitrogens with one attached hydrogen (secondary N) is 1. The number of hydrogen-bond donors (Lipinski definition) is 2. The number of phenolic OH excluding ortho intramolecular Hbond substituents is 1. The summed E-state index contributed by atoms with van der Waals surface area (Å²) in [5.41, 5.74) is 0.315. The summed E-state index contributed by atoms with van der Waals surface area (Å²) in [6, 6.07) is 14.3. The molecule has 1 heterocycles. The van der Waals surface area contributed by atoms with Gasteiger partial charge in [0.05, 0.1) is 37.4 Å². The summed E-state index contributed by atoms with van der Waals surface area (Å²) in [4.78, 5) is 27.7. The molecule has 0 bridgehead atoms. The molecule has 0 saturated heterocycles. The van der Waals surface area contributed by atoms with E-state index in [0.717, 1.165) is 0 Å². The first-order valence-corrected chi connectivity index (χ1v) is 12.8. The van der Waals surface area contributed by atoms with Crippen molar-refractivity contribution in [2.75, 3.05) is 32.4 Å². The molecule has 12 nitrogen and oxygen atoms in total. The standard InChI is InChI=1S/C25H27N5O7S/c1-30(2,3)16-19(15-24(32)33)37-25(34)21-14-18(9-12-22(21)31)28-27-17-7-10-20(11-8-17)38(35,36)29-23-6-4-5-13-26-23/h4-14,19H,15-16H2,1-3H3,(H2-,26,27,29,31,32,33,34). The van der Waals surface area contributed by atoms with Crippen LogP contribution in [0.5, 0.6) is 5.75 Å². The highest BCUT2D eigenvalue weighted by Crippen LogP contribution is 2.27. The average molecular weight is 542 g/mol. The first kappa shape index (κ1) is 28.2. The zero-order valence-corrected chi connectivity index (χ0v) is 21.8. The molecule has 3 rings (SSSR count). The number of phenols is 1. The topological polar surface area (TPSA) is 170 Å². The van der Waals surface area contributed by atoms with Gasteiger partial charge < -0.3 is 24.2 Å². The van der Waals surface area contributed by atoms with Crippen molar-refractivity contribution in [2.24, 2.45) is 10.2 Å². The van der Waals surface area contributed by atoms with Crippen molar-refractivity contribution < 1.29 is 37.4 Å². The minimum absolute atomic E-state index is 0.00300. The van der Waals surface area contributed by atoms with Crippen LogP contribution in [0.15, 0.2) is 82.0 Å². The van der Waals surface area contributed by atoms with Crippen LogP contribution in [-0.4, -0.2) is 68.7 Å². The first-order chi connectivity index (χ1) is 17.8. The number of carboxylic acids is 1. The Labute approximate surface area is 219 Å². The number of esters is 1. The molecule has 0 aliphatic heterocycles. The summed E-state index contributed by atoms with van der Waals surface area (Å²) in [7, 11) is 1.59. The number of carbonyl (C=O) groups excluding carboxylic acids is 2. The number of hydrogen-bond acceptors (Lipinski definition) is 10. The van der Waals surface area contributed by atoms with Gasteiger partial charge in [0.2, 0.25) is 0 Å². The summed E-state index contributed by atoms with van der Waals surface area (Å²) in [6.45, 7) is 0.211. The Hall–Kier alpha value is -4.36. The summed E-state index contributed by atoms with van der Waals surface area (Å²) >= 11 is 0. The molecule has 0 fully saturated rings.